The SMILES string of the molecule is CC(=O)NNC(=S)N/C=C(/C#N)c1nc2ccccc2s1. The molecule has 0 saturated heterocycles. The van der Waals surface area contributed by atoms with Gasteiger partial charge < -0.3 is 5.32 Å². The van der Waals surface area contributed by atoms with Gasteiger partial charge in [-0.15, -0.1) is 11.3 Å². The number of carbonyl (C=O) groups is 1. The second-order valence-corrected chi connectivity index (χ2v) is 5.38. The standard InChI is InChI=1S/C13H11N5OS2/c1-8(19)17-18-13(20)15-7-9(6-14)12-16-10-4-2-3-5-11(10)21-12/h2-5,7H,1H3,(H,17,19)(H2,15,18,20)/b9-7-. The average Bonchev–Trinajstić information content (AvgIpc) is 2.89. The van der Waals surface area contributed by atoms with Crippen molar-refractivity contribution in [1.82, 2.24) is 21.2 Å². The van der Waals surface area contributed by atoms with Gasteiger partial charge in [-0.2, -0.15) is 5.26 Å². The predicted octanol–water partition coefficient (Wildman–Crippen LogP) is 1.68. The third-order valence-corrected chi connectivity index (χ3v) is 3.63. The van der Waals surface area contributed by atoms with Crippen molar-refractivity contribution in [3.63, 3.8) is 0 Å². The lowest BCUT2D eigenvalue weighted by Gasteiger charge is -2.06. The van der Waals surface area contributed by atoms with E-state index in [0.29, 0.717) is 10.6 Å². The second kappa shape index (κ2) is 6.78. The van der Waals surface area contributed by atoms with Crippen LogP contribution in [0.3, 0.4) is 0 Å². The van der Waals surface area contributed by atoms with Crippen molar-refractivity contribution in [2.75, 3.05) is 0 Å². The second-order valence-electron chi connectivity index (χ2n) is 3.94. The van der Waals surface area contributed by atoms with Crippen molar-refractivity contribution in [2.45, 2.75) is 6.92 Å². The van der Waals surface area contributed by atoms with Gasteiger partial charge in [0.15, 0.2) is 5.11 Å². The van der Waals surface area contributed by atoms with Gasteiger partial charge in [-0.25, -0.2) is 4.98 Å². The molecular formula is C13H11N5OS2. The van der Waals surface area contributed by atoms with Gasteiger partial charge >= 0.3 is 0 Å². The van der Waals surface area contributed by atoms with Crippen LogP contribution in [0.25, 0.3) is 15.8 Å². The number of rotatable bonds is 2. The molecule has 1 heterocycles. The average molecular weight is 317 g/mol. The summed E-state index contributed by atoms with van der Waals surface area (Å²) in [5.41, 5.74) is 6.03. The molecule has 8 heteroatoms. The Morgan fingerprint density at radius 3 is 2.86 bits per heavy atom. The Bertz CT molecular complexity index is 726. The summed E-state index contributed by atoms with van der Waals surface area (Å²) in [6.07, 6.45) is 1.45. The number of carbonyl (C=O) groups excluding carboxylic acids is 1. The third kappa shape index (κ3) is 3.98. The first-order valence-electron chi connectivity index (χ1n) is 5.89. The predicted molar refractivity (Wildman–Crippen MR) is 85.9 cm³/mol. The zero-order valence-corrected chi connectivity index (χ0v) is 12.6. The van der Waals surface area contributed by atoms with Crippen LogP contribution in [-0.4, -0.2) is 16.0 Å². The van der Waals surface area contributed by atoms with Crippen LogP contribution < -0.4 is 16.2 Å². The van der Waals surface area contributed by atoms with E-state index in [0.717, 1.165) is 10.2 Å². The molecule has 0 unspecified atom stereocenters. The number of thiocarbonyl (C=S) groups is 1. The molecule has 0 spiro atoms. The first-order valence-corrected chi connectivity index (χ1v) is 7.12. The molecule has 21 heavy (non-hydrogen) atoms. The Morgan fingerprint density at radius 2 is 2.19 bits per heavy atom. The number of hydrogen-bond acceptors (Lipinski definition) is 5. The topological polar surface area (TPSA) is 89.8 Å². The highest BCUT2D eigenvalue weighted by molar-refractivity contribution is 7.80. The van der Waals surface area contributed by atoms with Crippen LogP contribution in [0, 0.1) is 11.3 Å². The number of hydrazine groups is 1. The quantitative estimate of drug-likeness (QED) is 0.443. The van der Waals surface area contributed by atoms with Gasteiger partial charge in [0.25, 0.3) is 0 Å². The fourth-order valence-electron chi connectivity index (χ4n) is 1.45. The number of nitriles is 1. The molecule has 0 atom stereocenters. The van der Waals surface area contributed by atoms with E-state index >= 15 is 0 Å². The molecule has 0 saturated carbocycles. The summed E-state index contributed by atoms with van der Waals surface area (Å²) in [4.78, 5) is 15.1. The van der Waals surface area contributed by atoms with Crippen molar-refractivity contribution in [3.8, 4) is 6.07 Å². The van der Waals surface area contributed by atoms with Crippen LogP contribution >= 0.6 is 23.6 Å². The molecule has 2 rings (SSSR count). The molecule has 0 aliphatic heterocycles. The molecule has 1 amide bonds. The minimum absolute atomic E-state index is 0.180. The van der Waals surface area contributed by atoms with Gasteiger partial charge in [0.2, 0.25) is 5.91 Å². The molecule has 3 N–H and O–H groups in total. The number of hydrogen-bond donors (Lipinski definition) is 3. The van der Waals surface area contributed by atoms with Crippen molar-refractivity contribution in [1.29, 1.82) is 5.26 Å². The van der Waals surface area contributed by atoms with E-state index in [-0.39, 0.29) is 11.0 Å². The number of fused-ring (bicyclic) bond motifs is 1. The molecule has 6 nitrogen and oxygen atoms in total. The smallest absolute Gasteiger partial charge is 0.235 e. The zero-order valence-electron chi connectivity index (χ0n) is 11.0. The van der Waals surface area contributed by atoms with Gasteiger partial charge in [-0.1, -0.05) is 12.1 Å². The zero-order chi connectivity index (χ0) is 15.2. The Morgan fingerprint density at radius 1 is 1.43 bits per heavy atom. The summed E-state index contributed by atoms with van der Waals surface area (Å²) < 4.78 is 1.01. The van der Waals surface area contributed by atoms with Crippen LogP contribution in [0.15, 0.2) is 30.5 Å². The van der Waals surface area contributed by atoms with E-state index in [1.807, 2.05) is 24.3 Å². The number of para-hydroxylation sites is 1. The lowest BCUT2D eigenvalue weighted by molar-refractivity contribution is -0.119. The maximum Gasteiger partial charge on any atom is 0.235 e. The summed E-state index contributed by atoms with van der Waals surface area (Å²) >= 11 is 6.37. The number of nitrogens with zero attached hydrogens (tertiary/aromatic N) is 2. The summed E-state index contributed by atoms with van der Waals surface area (Å²) in [5.74, 6) is -0.269. The summed E-state index contributed by atoms with van der Waals surface area (Å²) in [5, 5.41) is 12.7. The number of allylic oxidation sites excluding steroid dienone is 1. The number of thiazole rings is 1. The number of amides is 1. The van der Waals surface area contributed by atoms with Crippen molar-refractivity contribution in [2.24, 2.45) is 0 Å². The van der Waals surface area contributed by atoms with Crippen molar-refractivity contribution >= 4 is 50.4 Å². The summed E-state index contributed by atoms with van der Waals surface area (Å²) in [6.45, 7) is 1.35. The Labute approximate surface area is 130 Å². The highest BCUT2D eigenvalue weighted by Gasteiger charge is 2.08. The van der Waals surface area contributed by atoms with E-state index < -0.39 is 0 Å². The van der Waals surface area contributed by atoms with Crippen molar-refractivity contribution < 1.29 is 4.79 Å². The number of benzene rings is 1. The summed E-state index contributed by atoms with van der Waals surface area (Å²) in [6, 6.07) is 9.72. The van der Waals surface area contributed by atoms with Crippen molar-refractivity contribution in [3.05, 3.63) is 35.5 Å². The van der Waals surface area contributed by atoms with Gasteiger partial charge in [-0.05, 0) is 24.4 Å². The number of aromatic nitrogens is 1. The highest BCUT2D eigenvalue weighted by Crippen LogP contribution is 2.26. The largest absolute Gasteiger partial charge is 0.336 e. The maximum atomic E-state index is 10.7. The maximum absolute atomic E-state index is 10.7. The van der Waals surface area contributed by atoms with E-state index in [1.54, 1.807) is 0 Å². The van der Waals surface area contributed by atoms with E-state index in [9.17, 15) is 10.1 Å². The molecule has 0 radical (unpaired) electrons. The lowest BCUT2D eigenvalue weighted by Crippen LogP contribution is -2.44. The first kappa shape index (κ1) is 14.9. The van der Waals surface area contributed by atoms with Crippen LogP contribution in [0.5, 0.6) is 0 Å². The molecule has 1 aromatic heterocycles. The van der Waals surface area contributed by atoms with Crippen LogP contribution in [0.1, 0.15) is 11.9 Å². The van der Waals surface area contributed by atoms with Gasteiger partial charge in [0.1, 0.15) is 16.6 Å². The molecule has 1 aromatic carbocycles. The molecule has 106 valence electrons. The fraction of sp³-hybridized carbons (Fsp3) is 0.0769. The first-order chi connectivity index (χ1) is 10.1. The monoisotopic (exact) mass is 317 g/mol. The Balaban J connectivity index is 2.12. The van der Waals surface area contributed by atoms with Gasteiger partial charge in [0.05, 0.1) is 10.2 Å². The van der Waals surface area contributed by atoms with Gasteiger partial charge in [-0.3, -0.25) is 15.6 Å². The highest BCUT2D eigenvalue weighted by atomic mass is 32.1. The van der Waals surface area contributed by atoms with Crippen LogP contribution in [-0.2, 0) is 4.79 Å². The molecule has 2 aromatic rings. The molecule has 0 aliphatic rings. The lowest BCUT2D eigenvalue weighted by atomic mass is 10.3. The van der Waals surface area contributed by atoms with Gasteiger partial charge in [0, 0.05) is 13.1 Å². The molecule has 0 fully saturated rings. The Hall–Kier alpha value is -2.50. The third-order valence-electron chi connectivity index (χ3n) is 2.34. The fourth-order valence-corrected chi connectivity index (χ4v) is 2.49. The van der Waals surface area contributed by atoms with E-state index in [4.69, 9.17) is 12.2 Å². The minimum atomic E-state index is -0.269. The normalized spacial score (nSPS) is 10.8. The van der Waals surface area contributed by atoms with Crippen LogP contribution in [0.4, 0.5) is 0 Å². The molecular weight excluding hydrogens is 306 g/mol. The molecule has 0 bridgehead atoms. The molecule has 0 aliphatic carbocycles. The van der Waals surface area contributed by atoms with E-state index in [2.05, 4.69) is 27.2 Å². The van der Waals surface area contributed by atoms with E-state index in [1.165, 1.54) is 24.5 Å². The number of nitrogens with one attached hydrogen (secondary N) is 3. The Kier molecular flexibility index (Phi) is 4.81. The minimum Gasteiger partial charge on any atom is -0.336 e. The summed E-state index contributed by atoms with van der Waals surface area (Å²) in [7, 11) is 0. The van der Waals surface area contributed by atoms with Crippen LogP contribution in [0.2, 0.25) is 0 Å².